The average molecular weight is 256 g/mol. The smallest absolute Gasteiger partial charge is 0.222 e. The first-order valence-electron chi connectivity index (χ1n) is 5.80. The Morgan fingerprint density at radius 2 is 2.24 bits per heavy atom. The number of nitrogens with zero attached hydrogens (tertiary/aromatic N) is 1. The second-order valence-electron chi connectivity index (χ2n) is 3.83. The maximum atomic E-state index is 11.8. The van der Waals surface area contributed by atoms with Gasteiger partial charge in [-0.1, -0.05) is 23.7 Å². The molecule has 0 saturated heterocycles. The van der Waals surface area contributed by atoms with Crippen molar-refractivity contribution in [3.8, 4) is 0 Å². The Kier molecular flexibility index (Phi) is 6.01. The van der Waals surface area contributed by atoms with Crippen LogP contribution in [0.4, 0.5) is 0 Å². The summed E-state index contributed by atoms with van der Waals surface area (Å²) in [5.41, 5.74) is 1.06. The Bertz CT molecular complexity index is 368. The Morgan fingerprint density at radius 1 is 1.47 bits per heavy atom. The van der Waals surface area contributed by atoms with Crippen LogP contribution in [0.25, 0.3) is 0 Å². The number of aliphatic hydroxyl groups is 1. The van der Waals surface area contributed by atoms with Crippen molar-refractivity contribution in [1.82, 2.24) is 4.90 Å². The second kappa shape index (κ2) is 7.30. The molecular formula is C13H18ClNO2. The van der Waals surface area contributed by atoms with Gasteiger partial charge in [0.15, 0.2) is 0 Å². The zero-order valence-electron chi connectivity index (χ0n) is 10.0. The quantitative estimate of drug-likeness (QED) is 0.846. The number of likely N-dealkylation sites (N-methyl/N-ethyl adjacent to an activating group) is 1. The van der Waals surface area contributed by atoms with E-state index < -0.39 is 0 Å². The zero-order chi connectivity index (χ0) is 12.7. The highest BCUT2D eigenvalue weighted by atomic mass is 35.5. The summed E-state index contributed by atoms with van der Waals surface area (Å²) in [6, 6.07) is 7.53. The molecule has 1 N–H and O–H groups in total. The molecule has 0 heterocycles. The molecule has 4 heteroatoms. The third-order valence-electron chi connectivity index (χ3n) is 2.62. The molecule has 0 aliphatic rings. The van der Waals surface area contributed by atoms with Gasteiger partial charge in [0, 0.05) is 24.5 Å². The zero-order valence-corrected chi connectivity index (χ0v) is 10.8. The molecule has 0 aliphatic heterocycles. The normalized spacial score (nSPS) is 10.3. The van der Waals surface area contributed by atoms with Crippen LogP contribution in [0, 0.1) is 0 Å². The number of aliphatic hydroxyl groups excluding tert-OH is 1. The molecule has 0 aromatic heterocycles. The molecule has 1 aromatic rings. The van der Waals surface area contributed by atoms with Crippen molar-refractivity contribution >= 4 is 17.5 Å². The van der Waals surface area contributed by atoms with Gasteiger partial charge in [-0.3, -0.25) is 4.79 Å². The minimum absolute atomic E-state index is 0.0107. The molecule has 94 valence electrons. The Balaban J connectivity index is 2.47. The Labute approximate surface area is 107 Å². The molecule has 0 radical (unpaired) electrons. The highest BCUT2D eigenvalue weighted by Crippen LogP contribution is 2.12. The molecule has 0 bridgehead atoms. The lowest BCUT2D eigenvalue weighted by atomic mass is 10.1. The number of halogens is 1. The fourth-order valence-corrected chi connectivity index (χ4v) is 1.89. The third kappa shape index (κ3) is 4.75. The predicted molar refractivity (Wildman–Crippen MR) is 69.1 cm³/mol. The van der Waals surface area contributed by atoms with Crippen LogP contribution in [-0.2, 0) is 11.2 Å². The highest BCUT2D eigenvalue weighted by Gasteiger charge is 2.10. The number of amides is 1. The lowest BCUT2D eigenvalue weighted by Gasteiger charge is -2.19. The van der Waals surface area contributed by atoms with Gasteiger partial charge in [-0.15, -0.1) is 0 Å². The molecule has 0 atom stereocenters. The number of aryl methyl sites for hydroxylation is 1. The van der Waals surface area contributed by atoms with E-state index >= 15 is 0 Å². The van der Waals surface area contributed by atoms with Gasteiger partial charge < -0.3 is 10.0 Å². The summed E-state index contributed by atoms with van der Waals surface area (Å²) in [5.74, 6) is 0.0709. The fraction of sp³-hybridized carbons (Fsp3) is 0.462. The van der Waals surface area contributed by atoms with Crippen LogP contribution in [0.15, 0.2) is 24.3 Å². The summed E-state index contributed by atoms with van der Waals surface area (Å²) in [6.07, 6.45) is 1.13. The molecule has 0 fully saturated rings. The topological polar surface area (TPSA) is 40.5 Å². The number of benzene rings is 1. The summed E-state index contributed by atoms with van der Waals surface area (Å²) in [7, 11) is 0. The fourth-order valence-electron chi connectivity index (χ4n) is 1.68. The first-order valence-corrected chi connectivity index (χ1v) is 6.18. The molecule has 1 amide bonds. The number of hydrogen-bond donors (Lipinski definition) is 1. The summed E-state index contributed by atoms with van der Waals surface area (Å²) in [5, 5.41) is 9.52. The number of carbonyl (C=O) groups excluding carboxylic acids is 1. The standard InChI is InChI=1S/C13H18ClNO2/c1-2-15(8-9-16)13(17)7-6-11-4-3-5-12(14)10-11/h3-5,10,16H,2,6-9H2,1H3. The molecule has 3 nitrogen and oxygen atoms in total. The first kappa shape index (κ1) is 14.0. The molecule has 0 aliphatic carbocycles. The molecule has 1 rings (SSSR count). The van der Waals surface area contributed by atoms with Gasteiger partial charge in [0.05, 0.1) is 6.61 Å². The van der Waals surface area contributed by atoms with Crippen molar-refractivity contribution in [3.63, 3.8) is 0 Å². The van der Waals surface area contributed by atoms with Crippen molar-refractivity contribution in [2.75, 3.05) is 19.7 Å². The van der Waals surface area contributed by atoms with E-state index in [-0.39, 0.29) is 12.5 Å². The SMILES string of the molecule is CCN(CCO)C(=O)CCc1cccc(Cl)c1. The summed E-state index contributed by atoms with van der Waals surface area (Å²) < 4.78 is 0. The van der Waals surface area contributed by atoms with Crippen molar-refractivity contribution in [1.29, 1.82) is 0 Å². The van der Waals surface area contributed by atoms with E-state index in [0.717, 1.165) is 5.56 Å². The molecule has 0 spiro atoms. The number of carbonyl (C=O) groups is 1. The summed E-state index contributed by atoms with van der Waals surface area (Å²) >= 11 is 5.87. The van der Waals surface area contributed by atoms with Crippen molar-refractivity contribution in [2.24, 2.45) is 0 Å². The van der Waals surface area contributed by atoms with Crippen molar-refractivity contribution in [3.05, 3.63) is 34.9 Å². The molecule has 0 saturated carbocycles. The number of hydrogen-bond acceptors (Lipinski definition) is 2. The molecule has 17 heavy (non-hydrogen) atoms. The van der Waals surface area contributed by atoms with Crippen LogP contribution in [0.3, 0.4) is 0 Å². The van der Waals surface area contributed by atoms with Crippen LogP contribution in [-0.4, -0.2) is 35.6 Å². The Morgan fingerprint density at radius 3 is 2.82 bits per heavy atom. The van der Waals surface area contributed by atoms with Crippen LogP contribution in [0.5, 0.6) is 0 Å². The van der Waals surface area contributed by atoms with Gasteiger partial charge in [0.25, 0.3) is 0 Å². The van der Waals surface area contributed by atoms with E-state index in [0.29, 0.717) is 31.0 Å². The predicted octanol–water partition coefficient (Wildman–Crippen LogP) is 2.11. The number of rotatable bonds is 6. The van der Waals surface area contributed by atoms with Crippen LogP contribution >= 0.6 is 11.6 Å². The molecule has 0 unspecified atom stereocenters. The lowest BCUT2D eigenvalue weighted by Crippen LogP contribution is -2.33. The highest BCUT2D eigenvalue weighted by molar-refractivity contribution is 6.30. The van der Waals surface area contributed by atoms with Crippen molar-refractivity contribution < 1.29 is 9.90 Å². The average Bonchev–Trinajstić information content (AvgIpc) is 2.33. The van der Waals surface area contributed by atoms with Gasteiger partial charge in [0.2, 0.25) is 5.91 Å². The molecule has 1 aromatic carbocycles. The van der Waals surface area contributed by atoms with E-state index in [1.807, 2.05) is 31.2 Å². The maximum absolute atomic E-state index is 11.8. The third-order valence-corrected chi connectivity index (χ3v) is 2.86. The van der Waals surface area contributed by atoms with Gasteiger partial charge in [-0.05, 0) is 31.0 Å². The van der Waals surface area contributed by atoms with Crippen LogP contribution < -0.4 is 0 Å². The van der Waals surface area contributed by atoms with Gasteiger partial charge in [-0.25, -0.2) is 0 Å². The minimum Gasteiger partial charge on any atom is -0.395 e. The van der Waals surface area contributed by atoms with Crippen LogP contribution in [0.2, 0.25) is 5.02 Å². The van der Waals surface area contributed by atoms with E-state index in [1.165, 1.54) is 0 Å². The second-order valence-corrected chi connectivity index (χ2v) is 4.26. The molecular weight excluding hydrogens is 238 g/mol. The largest absolute Gasteiger partial charge is 0.395 e. The van der Waals surface area contributed by atoms with Gasteiger partial charge >= 0.3 is 0 Å². The summed E-state index contributed by atoms with van der Waals surface area (Å²) in [6.45, 7) is 2.96. The monoisotopic (exact) mass is 255 g/mol. The van der Waals surface area contributed by atoms with E-state index in [4.69, 9.17) is 16.7 Å². The van der Waals surface area contributed by atoms with Gasteiger partial charge in [-0.2, -0.15) is 0 Å². The van der Waals surface area contributed by atoms with Gasteiger partial charge in [0.1, 0.15) is 0 Å². The van der Waals surface area contributed by atoms with Crippen molar-refractivity contribution in [2.45, 2.75) is 19.8 Å². The van der Waals surface area contributed by atoms with E-state index in [2.05, 4.69) is 0 Å². The van der Waals surface area contributed by atoms with E-state index in [1.54, 1.807) is 4.90 Å². The van der Waals surface area contributed by atoms with Crippen LogP contribution in [0.1, 0.15) is 18.9 Å². The lowest BCUT2D eigenvalue weighted by molar-refractivity contribution is -0.131. The minimum atomic E-state index is 0.0107. The first-order chi connectivity index (χ1) is 8.17. The van der Waals surface area contributed by atoms with E-state index in [9.17, 15) is 4.79 Å². The summed E-state index contributed by atoms with van der Waals surface area (Å²) in [4.78, 5) is 13.5. The maximum Gasteiger partial charge on any atom is 0.222 e. The Hall–Kier alpha value is -1.06.